The molecule has 0 aromatic heterocycles. The molecule has 0 saturated carbocycles. The van der Waals surface area contributed by atoms with E-state index in [9.17, 15) is 4.79 Å². The number of nitrogens with zero attached hydrogens (tertiary/aromatic N) is 1. The van der Waals surface area contributed by atoms with Gasteiger partial charge in [0.05, 0.1) is 6.10 Å². The lowest BCUT2D eigenvalue weighted by Gasteiger charge is -2.30. The lowest BCUT2D eigenvalue weighted by atomic mass is 10.0. The third-order valence-electron chi connectivity index (χ3n) is 4.47. The Balaban J connectivity index is 1.74. The minimum absolute atomic E-state index is 0.271. The highest BCUT2D eigenvalue weighted by Gasteiger charge is 2.22. The summed E-state index contributed by atoms with van der Waals surface area (Å²) >= 11 is 0. The SMILES string of the molecule is CCCN(CC1CCCCO1)C(=O)CCC1CCNC1. The van der Waals surface area contributed by atoms with Gasteiger partial charge < -0.3 is 15.0 Å². The van der Waals surface area contributed by atoms with Crippen LogP contribution < -0.4 is 5.32 Å². The minimum atomic E-state index is 0.271. The summed E-state index contributed by atoms with van der Waals surface area (Å²) in [6, 6.07) is 0. The van der Waals surface area contributed by atoms with E-state index in [2.05, 4.69) is 12.2 Å². The number of carbonyl (C=O) groups excluding carboxylic acids is 1. The largest absolute Gasteiger partial charge is 0.376 e. The molecule has 0 aromatic carbocycles. The van der Waals surface area contributed by atoms with E-state index in [0.29, 0.717) is 18.2 Å². The monoisotopic (exact) mass is 282 g/mol. The minimum Gasteiger partial charge on any atom is -0.376 e. The summed E-state index contributed by atoms with van der Waals surface area (Å²) in [7, 11) is 0. The van der Waals surface area contributed by atoms with Crippen LogP contribution in [0.3, 0.4) is 0 Å². The van der Waals surface area contributed by atoms with Gasteiger partial charge in [-0.3, -0.25) is 4.79 Å². The normalized spacial score (nSPS) is 26.6. The quantitative estimate of drug-likeness (QED) is 0.778. The van der Waals surface area contributed by atoms with E-state index < -0.39 is 0 Å². The fourth-order valence-corrected chi connectivity index (χ4v) is 3.23. The Labute approximate surface area is 123 Å². The second-order valence-electron chi connectivity index (χ2n) is 6.23. The van der Waals surface area contributed by atoms with E-state index >= 15 is 0 Å². The average Bonchev–Trinajstić information content (AvgIpc) is 2.99. The summed E-state index contributed by atoms with van der Waals surface area (Å²) in [6.45, 7) is 6.90. The van der Waals surface area contributed by atoms with Crippen LogP contribution in [0.5, 0.6) is 0 Å². The molecule has 2 heterocycles. The highest BCUT2D eigenvalue weighted by molar-refractivity contribution is 5.76. The van der Waals surface area contributed by atoms with Crippen LogP contribution in [0.2, 0.25) is 0 Å². The molecule has 1 N–H and O–H groups in total. The third-order valence-corrected chi connectivity index (χ3v) is 4.47. The van der Waals surface area contributed by atoms with E-state index in [1.165, 1.54) is 19.3 Å². The van der Waals surface area contributed by atoms with Crippen molar-refractivity contribution in [2.24, 2.45) is 5.92 Å². The van der Waals surface area contributed by atoms with Gasteiger partial charge in [0.25, 0.3) is 0 Å². The molecule has 0 radical (unpaired) electrons. The zero-order valence-corrected chi connectivity index (χ0v) is 12.9. The lowest BCUT2D eigenvalue weighted by Crippen LogP contribution is -2.40. The van der Waals surface area contributed by atoms with E-state index in [1.54, 1.807) is 0 Å². The van der Waals surface area contributed by atoms with Gasteiger partial charge in [-0.05, 0) is 57.5 Å². The lowest BCUT2D eigenvalue weighted by molar-refractivity contribution is -0.134. The molecule has 2 atom stereocenters. The van der Waals surface area contributed by atoms with Crippen LogP contribution in [0.1, 0.15) is 51.9 Å². The zero-order valence-electron chi connectivity index (χ0n) is 12.9. The van der Waals surface area contributed by atoms with Crippen molar-refractivity contribution >= 4 is 5.91 Å². The van der Waals surface area contributed by atoms with Crippen LogP contribution in [0.25, 0.3) is 0 Å². The number of amides is 1. The van der Waals surface area contributed by atoms with Crippen molar-refractivity contribution in [3.8, 4) is 0 Å². The smallest absolute Gasteiger partial charge is 0.222 e. The van der Waals surface area contributed by atoms with Gasteiger partial charge in [-0.15, -0.1) is 0 Å². The first-order valence-electron chi connectivity index (χ1n) is 8.39. The molecule has 2 saturated heterocycles. The predicted molar refractivity (Wildman–Crippen MR) is 80.7 cm³/mol. The number of carbonyl (C=O) groups is 1. The third kappa shape index (κ3) is 5.06. The Kier molecular flexibility index (Phi) is 6.80. The Morgan fingerprint density at radius 3 is 2.90 bits per heavy atom. The molecule has 0 aliphatic carbocycles. The maximum Gasteiger partial charge on any atom is 0.222 e. The van der Waals surface area contributed by atoms with Gasteiger partial charge in [0, 0.05) is 26.1 Å². The molecule has 2 fully saturated rings. The molecular formula is C16H30N2O2. The Morgan fingerprint density at radius 2 is 2.25 bits per heavy atom. The van der Waals surface area contributed by atoms with E-state index in [4.69, 9.17) is 4.74 Å². The van der Waals surface area contributed by atoms with Crippen molar-refractivity contribution in [3.63, 3.8) is 0 Å². The molecule has 2 aliphatic rings. The summed E-state index contributed by atoms with van der Waals surface area (Å²) in [6.07, 6.45) is 7.80. The second kappa shape index (κ2) is 8.63. The Hall–Kier alpha value is -0.610. The predicted octanol–water partition coefficient (Wildman–Crippen LogP) is 2.18. The first kappa shape index (κ1) is 15.8. The molecule has 0 bridgehead atoms. The maximum atomic E-state index is 12.4. The molecule has 2 aliphatic heterocycles. The number of nitrogens with one attached hydrogen (secondary N) is 1. The topological polar surface area (TPSA) is 41.6 Å². The first-order valence-corrected chi connectivity index (χ1v) is 8.39. The molecule has 0 spiro atoms. The zero-order chi connectivity index (χ0) is 14.2. The standard InChI is InChI=1S/C16H30N2O2/c1-2-10-18(13-15-5-3-4-11-20-15)16(19)7-6-14-8-9-17-12-14/h14-15,17H,2-13H2,1H3. The molecule has 0 aromatic rings. The highest BCUT2D eigenvalue weighted by atomic mass is 16.5. The Morgan fingerprint density at radius 1 is 1.35 bits per heavy atom. The number of hydrogen-bond donors (Lipinski definition) is 1. The van der Waals surface area contributed by atoms with E-state index in [1.807, 2.05) is 4.90 Å². The van der Waals surface area contributed by atoms with E-state index in [-0.39, 0.29) is 6.10 Å². The Bertz CT molecular complexity index is 284. The first-order chi connectivity index (χ1) is 9.79. The van der Waals surface area contributed by atoms with Crippen LogP contribution in [0.4, 0.5) is 0 Å². The van der Waals surface area contributed by atoms with Crippen LogP contribution in [0.15, 0.2) is 0 Å². The van der Waals surface area contributed by atoms with Gasteiger partial charge in [0.2, 0.25) is 5.91 Å². The summed E-state index contributed by atoms with van der Waals surface area (Å²) < 4.78 is 5.78. The number of rotatable bonds is 7. The van der Waals surface area contributed by atoms with Crippen molar-refractivity contribution in [3.05, 3.63) is 0 Å². The number of hydrogen-bond acceptors (Lipinski definition) is 3. The molecule has 20 heavy (non-hydrogen) atoms. The van der Waals surface area contributed by atoms with Gasteiger partial charge in [-0.25, -0.2) is 0 Å². The van der Waals surface area contributed by atoms with Crippen LogP contribution >= 0.6 is 0 Å². The average molecular weight is 282 g/mol. The summed E-state index contributed by atoms with van der Waals surface area (Å²) in [5.74, 6) is 1.03. The van der Waals surface area contributed by atoms with Crippen LogP contribution in [-0.4, -0.2) is 49.7 Å². The molecule has 2 unspecified atom stereocenters. The van der Waals surface area contributed by atoms with Gasteiger partial charge >= 0.3 is 0 Å². The summed E-state index contributed by atoms with van der Waals surface area (Å²) in [5, 5.41) is 3.37. The second-order valence-corrected chi connectivity index (χ2v) is 6.23. The van der Waals surface area contributed by atoms with Gasteiger partial charge in [0.15, 0.2) is 0 Å². The van der Waals surface area contributed by atoms with Gasteiger partial charge in [0.1, 0.15) is 0 Å². The van der Waals surface area contributed by atoms with Gasteiger partial charge in [-0.2, -0.15) is 0 Å². The van der Waals surface area contributed by atoms with Crippen LogP contribution in [0, 0.1) is 5.92 Å². The van der Waals surface area contributed by atoms with Crippen molar-refractivity contribution in [1.82, 2.24) is 10.2 Å². The van der Waals surface area contributed by atoms with Crippen LogP contribution in [-0.2, 0) is 9.53 Å². The molecular weight excluding hydrogens is 252 g/mol. The molecule has 2 rings (SSSR count). The number of ether oxygens (including phenoxy) is 1. The van der Waals surface area contributed by atoms with Crippen molar-refractivity contribution in [2.75, 3.05) is 32.8 Å². The highest BCUT2D eigenvalue weighted by Crippen LogP contribution is 2.17. The molecule has 1 amide bonds. The van der Waals surface area contributed by atoms with Crippen molar-refractivity contribution in [1.29, 1.82) is 0 Å². The fraction of sp³-hybridized carbons (Fsp3) is 0.938. The fourth-order valence-electron chi connectivity index (χ4n) is 3.23. The molecule has 116 valence electrons. The molecule has 4 nitrogen and oxygen atoms in total. The maximum absolute atomic E-state index is 12.4. The summed E-state index contributed by atoms with van der Waals surface area (Å²) in [4.78, 5) is 14.5. The molecule has 4 heteroatoms. The summed E-state index contributed by atoms with van der Waals surface area (Å²) in [5.41, 5.74) is 0. The van der Waals surface area contributed by atoms with Gasteiger partial charge in [-0.1, -0.05) is 6.92 Å². The van der Waals surface area contributed by atoms with E-state index in [0.717, 1.165) is 52.0 Å². The van der Waals surface area contributed by atoms with Crippen molar-refractivity contribution in [2.45, 2.75) is 58.0 Å². The van der Waals surface area contributed by atoms with Crippen molar-refractivity contribution < 1.29 is 9.53 Å².